The van der Waals surface area contributed by atoms with Crippen molar-refractivity contribution in [2.24, 2.45) is 0 Å². The molecule has 4 heteroatoms. The lowest BCUT2D eigenvalue weighted by Gasteiger charge is -2.27. The summed E-state index contributed by atoms with van der Waals surface area (Å²) in [7, 11) is 0. The molecule has 1 fully saturated rings. The molecule has 0 bridgehead atoms. The van der Waals surface area contributed by atoms with E-state index in [1.165, 1.54) is 5.56 Å². The number of aryl methyl sites for hydroxylation is 1. The third-order valence-electron chi connectivity index (χ3n) is 4.44. The lowest BCUT2D eigenvalue weighted by atomic mass is 9.95. The van der Waals surface area contributed by atoms with E-state index in [9.17, 15) is 14.7 Å². The molecular formula is C18H25NO3. The zero-order valence-electron chi connectivity index (χ0n) is 13.6. The first-order valence-electron chi connectivity index (χ1n) is 8.06. The van der Waals surface area contributed by atoms with E-state index < -0.39 is 12.0 Å². The summed E-state index contributed by atoms with van der Waals surface area (Å²) in [5, 5.41) is 9.19. The van der Waals surface area contributed by atoms with Crippen molar-refractivity contribution in [3.05, 3.63) is 35.4 Å². The number of amides is 1. The monoisotopic (exact) mass is 303 g/mol. The first-order valence-corrected chi connectivity index (χ1v) is 8.06. The molecule has 0 saturated heterocycles. The summed E-state index contributed by atoms with van der Waals surface area (Å²) in [6.07, 6.45) is 3.20. The third-order valence-corrected chi connectivity index (χ3v) is 4.44. The number of benzene rings is 1. The summed E-state index contributed by atoms with van der Waals surface area (Å²) in [5.41, 5.74) is 2.41. The second kappa shape index (κ2) is 6.95. The van der Waals surface area contributed by atoms with Crippen molar-refractivity contribution in [3.63, 3.8) is 0 Å². The maximum absolute atomic E-state index is 12.5. The lowest BCUT2D eigenvalue weighted by molar-refractivity contribution is -0.150. The SMILES string of the molecule is CCc1ccc(C(C)CC(=O)N(C2CC2)C(C)C(=O)O)cc1. The van der Waals surface area contributed by atoms with Gasteiger partial charge in [-0.1, -0.05) is 38.1 Å². The molecule has 2 atom stereocenters. The van der Waals surface area contributed by atoms with Gasteiger partial charge >= 0.3 is 5.97 Å². The standard InChI is InChI=1S/C18H25NO3/c1-4-14-5-7-15(8-6-14)12(2)11-17(20)19(16-9-10-16)13(3)18(21)22/h5-8,12-13,16H,4,9-11H2,1-3H3,(H,21,22). The Hall–Kier alpha value is -1.84. The number of aliphatic carboxylic acids is 1. The van der Waals surface area contributed by atoms with E-state index in [0.717, 1.165) is 24.8 Å². The third kappa shape index (κ3) is 3.87. The molecule has 120 valence electrons. The molecule has 1 aliphatic rings. The topological polar surface area (TPSA) is 57.6 Å². The molecule has 1 aliphatic carbocycles. The van der Waals surface area contributed by atoms with Crippen molar-refractivity contribution < 1.29 is 14.7 Å². The lowest BCUT2D eigenvalue weighted by Crippen LogP contribution is -2.45. The highest BCUT2D eigenvalue weighted by Crippen LogP contribution is 2.31. The molecular weight excluding hydrogens is 278 g/mol. The Kier molecular flexibility index (Phi) is 5.22. The molecule has 4 nitrogen and oxygen atoms in total. The summed E-state index contributed by atoms with van der Waals surface area (Å²) in [6.45, 7) is 5.73. The predicted octanol–water partition coefficient (Wildman–Crippen LogP) is 3.21. The fourth-order valence-electron chi connectivity index (χ4n) is 2.77. The molecule has 0 aliphatic heterocycles. The molecule has 1 aromatic carbocycles. The number of carbonyl (C=O) groups is 2. The van der Waals surface area contributed by atoms with E-state index in [2.05, 4.69) is 31.2 Å². The molecule has 0 spiro atoms. The molecule has 22 heavy (non-hydrogen) atoms. The fourth-order valence-corrected chi connectivity index (χ4v) is 2.77. The number of carboxylic acid groups (broad SMARTS) is 1. The molecule has 0 radical (unpaired) electrons. The van der Waals surface area contributed by atoms with Crippen LogP contribution in [0.15, 0.2) is 24.3 Å². The molecule has 2 unspecified atom stereocenters. The molecule has 1 N–H and O–H groups in total. The quantitative estimate of drug-likeness (QED) is 0.841. The van der Waals surface area contributed by atoms with Crippen LogP contribution in [0.4, 0.5) is 0 Å². The number of rotatable bonds is 7. The summed E-state index contributed by atoms with van der Waals surface area (Å²) in [5.74, 6) is -0.884. The summed E-state index contributed by atoms with van der Waals surface area (Å²) in [4.78, 5) is 25.3. The Morgan fingerprint density at radius 3 is 2.27 bits per heavy atom. The molecule has 1 saturated carbocycles. The molecule has 0 heterocycles. The van der Waals surface area contributed by atoms with E-state index >= 15 is 0 Å². The summed E-state index contributed by atoms with van der Waals surface area (Å²) in [6, 6.07) is 7.70. The van der Waals surface area contributed by atoms with E-state index in [-0.39, 0.29) is 17.9 Å². The Bertz CT molecular complexity index is 534. The normalized spacial score (nSPS) is 16.9. The van der Waals surface area contributed by atoms with Gasteiger partial charge in [-0.15, -0.1) is 0 Å². The van der Waals surface area contributed by atoms with Crippen LogP contribution in [0.5, 0.6) is 0 Å². The van der Waals surface area contributed by atoms with Gasteiger partial charge in [0.15, 0.2) is 0 Å². The molecule has 2 rings (SSSR count). The van der Waals surface area contributed by atoms with Crippen molar-refractivity contribution in [1.29, 1.82) is 0 Å². The minimum absolute atomic E-state index is 0.0514. The van der Waals surface area contributed by atoms with Crippen molar-refractivity contribution in [3.8, 4) is 0 Å². The smallest absolute Gasteiger partial charge is 0.326 e. The highest BCUT2D eigenvalue weighted by Gasteiger charge is 2.38. The Morgan fingerprint density at radius 2 is 1.82 bits per heavy atom. The van der Waals surface area contributed by atoms with Crippen LogP contribution in [0, 0.1) is 0 Å². The largest absolute Gasteiger partial charge is 0.480 e. The fraction of sp³-hybridized carbons (Fsp3) is 0.556. The van der Waals surface area contributed by atoms with E-state index in [1.807, 2.05) is 6.92 Å². The van der Waals surface area contributed by atoms with Crippen molar-refractivity contribution in [2.45, 2.75) is 64.5 Å². The second-order valence-corrected chi connectivity index (χ2v) is 6.25. The predicted molar refractivity (Wildman–Crippen MR) is 85.8 cm³/mol. The van der Waals surface area contributed by atoms with Gasteiger partial charge in [-0.3, -0.25) is 4.79 Å². The van der Waals surface area contributed by atoms with E-state index in [1.54, 1.807) is 11.8 Å². The minimum atomic E-state index is -0.930. The minimum Gasteiger partial charge on any atom is -0.480 e. The van der Waals surface area contributed by atoms with Crippen LogP contribution in [0.3, 0.4) is 0 Å². The molecule has 1 amide bonds. The first-order chi connectivity index (χ1) is 10.4. The van der Waals surface area contributed by atoms with Crippen molar-refractivity contribution in [2.75, 3.05) is 0 Å². The van der Waals surface area contributed by atoms with Crippen molar-refractivity contribution >= 4 is 11.9 Å². The van der Waals surface area contributed by atoms with E-state index in [0.29, 0.717) is 6.42 Å². The van der Waals surface area contributed by atoms with Crippen molar-refractivity contribution in [1.82, 2.24) is 4.90 Å². The molecule has 1 aromatic rings. The van der Waals surface area contributed by atoms with Gasteiger partial charge in [-0.05, 0) is 43.2 Å². The van der Waals surface area contributed by atoms with E-state index in [4.69, 9.17) is 0 Å². The number of carbonyl (C=O) groups excluding carboxylic acids is 1. The van der Waals surface area contributed by atoms with Crippen LogP contribution in [-0.2, 0) is 16.0 Å². The highest BCUT2D eigenvalue weighted by molar-refractivity contribution is 5.84. The number of nitrogens with zero attached hydrogens (tertiary/aromatic N) is 1. The van der Waals surface area contributed by atoms with Gasteiger partial charge in [-0.2, -0.15) is 0 Å². The highest BCUT2D eigenvalue weighted by atomic mass is 16.4. The van der Waals surface area contributed by atoms with Crippen LogP contribution < -0.4 is 0 Å². The van der Waals surface area contributed by atoms with Gasteiger partial charge in [-0.25, -0.2) is 4.79 Å². The van der Waals surface area contributed by atoms with Crippen LogP contribution in [0.2, 0.25) is 0 Å². The number of carboxylic acids is 1. The Labute approximate surface area is 132 Å². The van der Waals surface area contributed by atoms with Crippen LogP contribution >= 0.6 is 0 Å². The maximum atomic E-state index is 12.5. The number of hydrogen-bond acceptors (Lipinski definition) is 2. The van der Waals surface area contributed by atoms with Crippen LogP contribution in [-0.4, -0.2) is 34.0 Å². The van der Waals surface area contributed by atoms with Gasteiger partial charge in [0.1, 0.15) is 6.04 Å². The van der Waals surface area contributed by atoms with Gasteiger partial charge in [0.2, 0.25) is 5.91 Å². The Morgan fingerprint density at radius 1 is 1.23 bits per heavy atom. The van der Waals surface area contributed by atoms with Crippen LogP contribution in [0.25, 0.3) is 0 Å². The zero-order valence-corrected chi connectivity index (χ0v) is 13.6. The van der Waals surface area contributed by atoms with Crippen LogP contribution in [0.1, 0.15) is 57.1 Å². The zero-order chi connectivity index (χ0) is 16.3. The second-order valence-electron chi connectivity index (χ2n) is 6.25. The maximum Gasteiger partial charge on any atom is 0.326 e. The van der Waals surface area contributed by atoms with Gasteiger partial charge in [0.25, 0.3) is 0 Å². The average Bonchev–Trinajstić information content (AvgIpc) is 3.32. The molecule has 0 aromatic heterocycles. The van der Waals surface area contributed by atoms with Gasteiger partial charge in [0.05, 0.1) is 0 Å². The summed E-state index contributed by atoms with van der Waals surface area (Å²) >= 11 is 0. The summed E-state index contributed by atoms with van der Waals surface area (Å²) < 4.78 is 0. The first kappa shape index (κ1) is 16.5. The Balaban J connectivity index is 2.03. The van der Waals surface area contributed by atoms with Gasteiger partial charge in [0, 0.05) is 12.5 Å². The number of hydrogen-bond donors (Lipinski definition) is 1. The van der Waals surface area contributed by atoms with Gasteiger partial charge < -0.3 is 10.0 Å². The average molecular weight is 303 g/mol.